The lowest BCUT2D eigenvalue weighted by Gasteiger charge is -2.18. The number of nitrogens with zero attached hydrogens (tertiary/aromatic N) is 1. The second-order valence-electron chi connectivity index (χ2n) is 5.48. The highest BCUT2D eigenvalue weighted by Crippen LogP contribution is 2.16. The molecule has 0 saturated heterocycles. The van der Waals surface area contributed by atoms with Gasteiger partial charge in [-0.05, 0) is 52.0 Å². The fraction of sp³-hybridized carbons (Fsp3) is 0.375. The van der Waals surface area contributed by atoms with E-state index in [9.17, 15) is 4.79 Å². The number of nitrogens with one attached hydrogen (secondary N) is 2. The predicted molar refractivity (Wildman–Crippen MR) is 82.8 cm³/mol. The van der Waals surface area contributed by atoms with Gasteiger partial charge < -0.3 is 15.4 Å². The number of benzene rings is 1. The van der Waals surface area contributed by atoms with Crippen molar-refractivity contribution in [1.82, 2.24) is 5.32 Å². The summed E-state index contributed by atoms with van der Waals surface area (Å²) in [7, 11) is 0. The first kappa shape index (κ1) is 16.6. The van der Waals surface area contributed by atoms with Crippen molar-refractivity contribution in [3.05, 3.63) is 36.0 Å². The third-order valence-corrected chi connectivity index (χ3v) is 2.44. The van der Waals surface area contributed by atoms with Gasteiger partial charge in [0, 0.05) is 17.4 Å². The fourth-order valence-corrected chi connectivity index (χ4v) is 1.44. The van der Waals surface area contributed by atoms with Crippen LogP contribution >= 0.6 is 0 Å². The molecule has 1 aromatic rings. The first-order valence-corrected chi connectivity index (χ1v) is 6.78. The Balaban J connectivity index is 2.72. The maximum absolute atomic E-state index is 12.0. The number of ether oxygens (including phenoxy) is 1. The highest BCUT2D eigenvalue weighted by Gasteiger charge is 2.12. The molecule has 0 aliphatic carbocycles. The van der Waals surface area contributed by atoms with Crippen LogP contribution in [0.2, 0.25) is 0 Å². The highest BCUT2D eigenvalue weighted by molar-refractivity contribution is 6.06. The van der Waals surface area contributed by atoms with E-state index in [1.165, 1.54) is 6.20 Å². The number of anilines is 1. The lowest BCUT2D eigenvalue weighted by Crippen LogP contribution is -2.32. The van der Waals surface area contributed by atoms with Gasteiger partial charge in [-0.15, -0.1) is 0 Å². The summed E-state index contributed by atoms with van der Waals surface area (Å²) in [5.41, 5.74) is 0.431. The van der Waals surface area contributed by atoms with E-state index in [2.05, 4.69) is 10.6 Å². The van der Waals surface area contributed by atoms with Gasteiger partial charge in [0.05, 0.1) is 6.61 Å². The van der Waals surface area contributed by atoms with Gasteiger partial charge in [-0.25, -0.2) is 0 Å². The second-order valence-corrected chi connectivity index (χ2v) is 5.48. The largest absolute Gasteiger partial charge is 0.494 e. The lowest BCUT2D eigenvalue weighted by atomic mass is 10.1. The number of hydrogen-bond acceptors (Lipinski definition) is 4. The zero-order valence-electron chi connectivity index (χ0n) is 12.9. The van der Waals surface area contributed by atoms with Crippen molar-refractivity contribution in [3.8, 4) is 11.8 Å². The number of rotatable bonds is 5. The minimum Gasteiger partial charge on any atom is -0.494 e. The zero-order valence-corrected chi connectivity index (χ0v) is 12.9. The molecule has 0 aliphatic rings. The Kier molecular flexibility index (Phi) is 5.79. The molecule has 112 valence electrons. The molecule has 0 atom stereocenters. The first-order valence-electron chi connectivity index (χ1n) is 6.78. The molecular formula is C16H21N3O2. The van der Waals surface area contributed by atoms with Crippen LogP contribution in [0.15, 0.2) is 36.0 Å². The van der Waals surface area contributed by atoms with Gasteiger partial charge in [0.25, 0.3) is 5.91 Å². The van der Waals surface area contributed by atoms with E-state index in [1.54, 1.807) is 24.3 Å². The summed E-state index contributed by atoms with van der Waals surface area (Å²) in [5.74, 6) is 0.291. The molecule has 0 unspecified atom stereocenters. The lowest BCUT2D eigenvalue weighted by molar-refractivity contribution is -0.112. The van der Waals surface area contributed by atoms with Gasteiger partial charge in [-0.2, -0.15) is 5.26 Å². The average Bonchev–Trinajstić information content (AvgIpc) is 2.41. The summed E-state index contributed by atoms with van der Waals surface area (Å²) in [5, 5.41) is 14.7. The maximum Gasteiger partial charge on any atom is 0.267 e. The summed E-state index contributed by atoms with van der Waals surface area (Å²) in [6, 6.07) is 8.88. The molecule has 0 bridgehead atoms. The van der Waals surface area contributed by atoms with Crippen LogP contribution in [-0.2, 0) is 4.79 Å². The van der Waals surface area contributed by atoms with Crippen molar-refractivity contribution in [3.63, 3.8) is 0 Å². The van der Waals surface area contributed by atoms with Crippen LogP contribution in [0.4, 0.5) is 5.69 Å². The summed E-state index contributed by atoms with van der Waals surface area (Å²) < 4.78 is 5.32. The molecule has 0 fully saturated rings. The third-order valence-electron chi connectivity index (χ3n) is 2.44. The van der Waals surface area contributed by atoms with Crippen LogP contribution < -0.4 is 15.4 Å². The number of amides is 1. The minimum absolute atomic E-state index is 0.0267. The predicted octanol–water partition coefficient (Wildman–Crippen LogP) is 2.82. The molecule has 0 saturated carbocycles. The van der Waals surface area contributed by atoms with Crippen molar-refractivity contribution < 1.29 is 9.53 Å². The van der Waals surface area contributed by atoms with Crippen LogP contribution in [0.25, 0.3) is 0 Å². The molecule has 0 radical (unpaired) electrons. The van der Waals surface area contributed by atoms with Gasteiger partial charge >= 0.3 is 0 Å². The standard InChI is InChI=1S/C16H21N3O2/c1-5-21-14-8-6-13(7-9-14)19-15(20)12(10-17)11-18-16(2,3)4/h6-9,11,18H,5H2,1-4H3,(H,19,20)/b12-11-. The SMILES string of the molecule is CCOc1ccc(NC(=O)/C(C#N)=C\NC(C)(C)C)cc1. The van der Waals surface area contributed by atoms with Crippen LogP contribution in [0.1, 0.15) is 27.7 Å². The quantitative estimate of drug-likeness (QED) is 0.645. The van der Waals surface area contributed by atoms with Crippen LogP contribution in [-0.4, -0.2) is 18.1 Å². The molecular weight excluding hydrogens is 266 g/mol. The van der Waals surface area contributed by atoms with E-state index in [0.29, 0.717) is 12.3 Å². The fourth-order valence-electron chi connectivity index (χ4n) is 1.44. The van der Waals surface area contributed by atoms with E-state index in [0.717, 1.165) is 5.75 Å². The Labute approximate surface area is 125 Å². The van der Waals surface area contributed by atoms with Crippen LogP contribution in [0, 0.1) is 11.3 Å². The summed E-state index contributed by atoms with van der Waals surface area (Å²) in [4.78, 5) is 12.0. The van der Waals surface area contributed by atoms with E-state index in [1.807, 2.05) is 33.8 Å². The van der Waals surface area contributed by atoms with Crippen molar-refractivity contribution >= 4 is 11.6 Å². The van der Waals surface area contributed by atoms with Gasteiger partial charge in [0.15, 0.2) is 0 Å². The van der Waals surface area contributed by atoms with Crippen molar-refractivity contribution in [2.75, 3.05) is 11.9 Å². The number of carbonyl (C=O) groups is 1. The van der Waals surface area contributed by atoms with Crippen molar-refractivity contribution in [2.24, 2.45) is 0 Å². The number of nitriles is 1. The smallest absolute Gasteiger partial charge is 0.267 e. The van der Waals surface area contributed by atoms with E-state index in [4.69, 9.17) is 10.00 Å². The first-order chi connectivity index (χ1) is 9.85. The Bertz CT molecular complexity index is 548. The topological polar surface area (TPSA) is 74.1 Å². The Morgan fingerprint density at radius 2 is 1.95 bits per heavy atom. The van der Waals surface area contributed by atoms with Gasteiger partial charge in [-0.3, -0.25) is 4.79 Å². The molecule has 0 spiro atoms. The molecule has 0 heterocycles. The van der Waals surface area contributed by atoms with Crippen LogP contribution in [0.3, 0.4) is 0 Å². The van der Waals surface area contributed by atoms with Crippen LogP contribution in [0.5, 0.6) is 5.75 Å². The number of hydrogen-bond donors (Lipinski definition) is 2. The normalized spacial score (nSPS) is 11.5. The van der Waals surface area contributed by atoms with Crippen molar-refractivity contribution in [2.45, 2.75) is 33.2 Å². The van der Waals surface area contributed by atoms with E-state index < -0.39 is 5.91 Å². The van der Waals surface area contributed by atoms with Gasteiger partial charge in [-0.1, -0.05) is 0 Å². The minimum atomic E-state index is -0.446. The van der Waals surface area contributed by atoms with Crippen molar-refractivity contribution in [1.29, 1.82) is 5.26 Å². The molecule has 1 aromatic carbocycles. The monoisotopic (exact) mass is 287 g/mol. The van der Waals surface area contributed by atoms with Gasteiger partial charge in [0.2, 0.25) is 0 Å². The molecule has 21 heavy (non-hydrogen) atoms. The van der Waals surface area contributed by atoms with E-state index in [-0.39, 0.29) is 11.1 Å². The summed E-state index contributed by atoms with van der Waals surface area (Å²) in [6.07, 6.45) is 1.43. The molecule has 5 heteroatoms. The Hall–Kier alpha value is -2.48. The summed E-state index contributed by atoms with van der Waals surface area (Å²) >= 11 is 0. The zero-order chi connectivity index (χ0) is 15.9. The number of carbonyl (C=O) groups excluding carboxylic acids is 1. The summed E-state index contributed by atoms with van der Waals surface area (Å²) in [6.45, 7) is 8.34. The third kappa shape index (κ3) is 6.00. The highest BCUT2D eigenvalue weighted by atomic mass is 16.5. The Morgan fingerprint density at radius 3 is 2.43 bits per heavy atom. The van der Waals surface area contributed by atoms with E-state index >= 15 is 0 Å². The molecule has 0 aromatic heterocycles. The Morgan fingerprint density at radius 1 is 1.33 bits per heavy atom. The molecule has 5 nitrogen and oxygen atoms in total. The molecule has 1 rings (SSSR count). The molecule has 1 amide bonds. The molecule has 0 aliphatic heterocycles. The van der Waals surface area contributed by atoms with Gasteiger partial charge in [0.1, 0.15) is 17.4 Å². The average molecular weight is 287 g/mol. The maximum atomic E-state index is 12.0. The second kappa shape index (κ2) is 7.34. The molecule has 2 N–H and O–H groups in total.